The average molecular weight is 433 g/mol. The summed E-state index contributed by atoms with van der Waals surface area (Å²) >= 11 is 1.34. The minimum absolute atomic E-state index is 0.0471. The third-order valence-corrected chi connectivity index (χ3v) is 6.56. The number of hydrogen-bond donors (Lipinski definition) is 0. The maximum Gasteiger partial charge on any atom is 0.297 e. The maximum atomic E-state index is 13.5. The molecule has 1 aliphatic rings. The lowest BCUT2D eigenvalue weighted by atomic mass is 9.98. The zero-order valence-electron chi connectivity index (χ0n) is 17.2. The molecule has 0 spiro atoms. The van der Waals surface area contributed by atoms with Crippen LogP contribution in [-0.4, -0.2) is 23.2 Å². The molecule has 0 aliphatic carbocycles. The predicted octanol–water partition coefficient (Wildman–Crippen LogP) is 4.53. The molecule has 156 valence electrons. The number of rotatable bonds is 4. The van der Waals surface area contributed by atoms with Gasteiger partial charge >= 0.3 is 0 Å². The van der Waals surface area contributed by atoms with E-state index < -0.39 is 11.9 Å². The second-order valence-corrected chi connectivity index (χ2v) is 8.59. The van der Waals surface area contributed by atoms with Crippen molar-refractivity contribution in [3.8, 4) is 5.75 Å². The molecule has 1 unspecified atom stereocenters. The number of hydrogen-bond acceptors (Lipinski definition) is 7. The van der Waals surface area contributed by atoms with Crippen molar-refractivity contribution in [2.24, 2.45) is 0 Å². The predicted molar refractivity (Wildman–Crippen MR) is 118 cm³/mol. The number of nitrogens with zero attached hydrogens (tertiary/aromatic N) is 3. The summed E-state index contributed by atoms with van der Waals surface area (Å²) in [4.78, 5) is 28.5. The van der Waals surface area contributed by atoms with Gasteiger partial charge in [-0.15, -0.1) is 10.2 Å². The van der Waals surface area contributed by atoms with Crippen LogP contribution in [0.15, 0.2) is 57.7 Å². The number of amides is 1. The van der Waals surface area contributed by atoms with E-state index in [4.69, 9.17) is 9.15 Å². The highest BCUT2D eigenvalue weighted by Gasteiger charge is 2.45. The molecule has 2 aromatic heterocycles. The molecular formula is C23H19N3O4S. The molecule has 1 atom stereocenters. The second-order valence-electron chi connectivity index (χ2n) is 7.60. The molecule has 0 saturated carbocycles. The van der Waals surface area contributed by atoms with E-state index in [1.54, 1.807) is 43.5 Å². The van der Waals surface area contributed by atoms with Gasteiger partial charge in [-0.25, -0.2) is 0 Å². The van der Waals surface area contributed by atoms with Crippen molar-refractivity contribution in [2.75, 3.05) is 12.0 Å². The molecule has 7 nitrogen and oxygen atoms in total. The van der Waals surface area contributed by atoms with Gasteiger partial charge in [-0.2, -0.15) is 0 Å². The van der Waals surface area contributed by atoms with Gasteiger partial charge in [0.25, 0.3) is 5.91 Å². The van der Waals surface area contributed by atoms with Gasteiger partial charge in [0.15, 0.2) is 5.43 Å². The van der Waals surface area contributed by atoms with Crippen LogP contribution >= 0.6 is 11.3 Å². The fourth-order valence-corrected chi connectivity index (χ4v) is 4.65. The van der Waals surface area contributed by atoms with Gasteiger partial charge in [-0.3, -0.25) is 14.5 Å². The van der Waals surface area contributed by atoms with Gasteiger partial charge in [0.2, 0.25) is 10.9 Å². The quantitative estimate of drug-likeness (QED) is 0.470. The first-order valence-electron chi connectivity index (χ1n) is 9.86. The van der Waals surface area contributed by atoms with E-state index in [9.17, 15) is 9.59 Å². The lowest BCUT2D eigenvalue weighted by Crippen LogP contribution is -2.29. The average Bonchev–Trinajstić information content (AvgIpc) is 3.38. The summed E-state index contributed by atoms with van der Waals surface area (Å²) < 4.78 is 11.2. The monoisotopic (exact) mass is 433 g/mol. The number of ether oxygens (including phenoxy) is 1. The normalized spacial score (nSPS) is 15.7. The molecule has 0 radical (unpaired) electrons. The number of carbonyl (C=O) groups excluding carboxylic acids is 1. The number of benzene rings is 2. The van der Waals surface area contributed by atoms with Crippen molar-refractivity contribution < 1.29 is 13.9 Å². The van der Waals surface area contributed by atoms with Crippen LogP contribution in [0.3, 0.4) is 0 Å². The Labute approximate surface area is 181 Å². The third-order valence-electron chi connectivity index (χ3n) is 5.34. The summed E-state index contributed by atoms with van der Waals surface area (Å²) in [5.41, 5.74) is 1.24. The van der Waals surface area contributed by atoms with Crippen LogP contribution in [0.5, 0.6) is 5.75 Å². The molecule has 4 aromatic rings. The number of aromatic nitrogens is 2. The Balaban J connectivity index is 1.76. The molecule has 0 N–H and O–H groups in total. The van der Waals surface area contributed by atoms with Gasteiger partial charge < -0.3 is 9.15 Å². The SMILES string of the molecule is COc1ccc(C2c3c(oc4ccccc4c3=O)C(=O)N2c2nnc(C(C)C)s2)cc1. The van der Waals surface area contributed by atoms with Gasteiger partial charge in [0, 0.05) is 5.92 Å². The fraction of sp³-hybridized carbons (Fsp3) is 0.217. The van der Waals surface area contributed by atoms with Gasteiger partial charge in [0.1, 0.15) is 16.3 Å². The Morgan fingerprint density at radius 2 is 1.81 bits per heavy atom. The van der Waals surface area contributed by atoms with Crippen LogP contribution in [0.1, 0.15) is 52.5 Å². The smallest absolute Gasteiger partial charge is 0.297 e. The fourth-order valence-electron chi connectivity index (χ4n) is 3.78. The van der Waals surface area contributed by atoms with Gasteiger partial charge in [-0.1, -0.05) is 49.4 Å². The van der Waals surface area contributed by atoms with E-state index in [0.717, 1.165) is 10.6 Å². The minimum Gasteiger partial charge on any atom is -0.497 e. The number of carbonyl (C=O) groups is 1. The summed E-state index contributed by atoms with van der Waals surface area (Å²) in [6, 6.07) is 13.6. The van der Waals surface area contributed by atoms with Crippen molar-refractivity contribution in [1.82, 2.24) is 10.2 Å². The van der Waals surface area contributed by atoms with Crippen LogP contribution in [-0.2, 0) is 0 Å². The number of fused-ring (bicyclic) bond motifs is 2. The largest absolute Gasteiger partial charge is 0.497 e. The van der Waals surface area contributed by atoms with Crippen LogP contribution in [0.4, 0.5) is 5.13 Å². The second kappa shape index (κ2) is 7.31. The first kappa shape index (κ1) is 19.4. The molecule has 0 saturated heterocycles. The molecule has 5 rings (SSSR count). The van der Waals surface area contributed by atoms with Crippen molar-refractivity contribution in [3.05, 3.63) is 80.6 Å². The third kappa shape index (κ3) is 3.02. The van der Waals surface area contributed by atoms with Crippen molar-refractivity contribution >= 4 is 33.3 Å². The van der Waals surface area contributed by atoms with Crippen molar-refractivity contribution in [2.45, 2.75) is 25.8 Å². The Hall–Kier alpha value is -3.52. The highest BCUT2D eigenvalue weighted by molar-refractivity contribution is 7.15. The Morgan fingerprint density at radius 1 is 1.06 bits per heavy atom. The molecule has 2 aromatic carbocycles. The van der Waals surface area contributed by atoms with Crippen LogP contribution in [0, 0.1) is 0 Å². The molecule has 0 fully saturated rings. The number of methoxy groups -OCH3 is 1. The molecule has 0 bridgehead atoms. The van der Waals surface area contributed by atoms with Crippen LogP contribution < -0.4 is 15.1 Å². The Morgan fingerprint density at radius 3 is 2.48 bits per heavy atom. The lowest BCUT2D eigenvalue weighted by Gasteiger charge is -2.22. The van der Waals surface area contributed by atoms with E-state index in [2.05, 4.69) is 10.2 Å². The maximum absolute atomic E-state index is 13.5. The lowest BCUT2D eigenvalue weighted by molar-refractivity contribution is 0.0970. The minimum atomic E-state index is -0.665. The van der Waals surface area contributed by atoms with Crippen LogP contribution in [0.2, 0.25) is 0 Å². The topological polar surface area (TPSA) is 85.5 Å². The molecular weight excluding hydrogens is 414 g/mol. The van der Waals surface area contributed by atoms with Crippen molar-refractivity contribution in [3.63, 3.8) is 0 Å². The van der Waals surface area contributed by atoms with Crippen LogP contribution in [0.25, 0.3) is 11.0 Å². The van der Waals surface area contributed by atoms with E-state index in [-0.39, 0.29) is 17.1 Å². The molecule has 8 heteroatoms. The summed E-state index contributed by atoms with van der Waals surface area (Å²) in [5.74, 6) is 0.507. The summed E-state index contributed by atoms with van der Waals surface area (Å²) in [6.45, 7) is 4.03. The highest BCUT2D eigenvalue weighted by atomic mass is 32.1. The van der Waals surface area contributed by atoms with Crippen molar-refractivity contribution in [1.29, 1.82) is 0 Å². The molecule has 1 aliphatic heterocycles. The highest BCUT2D eigenvalue weighted by Crippen LogP contribution is 2.42. The molecule has 1 amide bonds. The zero-order chi connectivity index (χ0) is 21.7. The molecule has 31 heavy (non-hydrogen) atoms. The summed E-state index contributed by atoms with van der Waals surface area (Å²) in [7, 11) is 1.59. The molecule has 3 heterocycles. The standard InChI is InChI=1S/C23H19N3O4S/c1-12(2)21-24-25-23(31-21)26-18(13-8-10-14(29-3)11-9-13)17-19(27)15-6-4-5-7-16(15)30-20(17)22(26)28/h4-12,18H,1-3H3. The van der Waals surface area contributed by atoms with Gasteiger partial charge in [-0.05, 0) is 29.8 Å². The Kier molecular flexibility index (Phi) is 4.59. The van der Waals surface area contributed by atoms with E-state index in [0.29, 0.717) is 27.4 Å². The van der Waals surface area contributed by atoms with E-state index in [1.165, 1.54) is 16.2 Å². The van der Waals surface area contributed by atoms with E-state index in [1.807, 2.05) is 26.0 Å². The summed E-state index contributed by atoms with van der Waals surface area (Å²) in [6.07, 6.45) is 0. The van der Waals surface area contributed by atoms with Gasteiger partial charge in [0.05, 0.1) is 24.1 Å². The number of para-hydroxylation sites is 1. The van der Waals surface area contributed by atoms with E-state index >= 15 is 0 Å². The number of anilines is 1. The summed E-state index contributed by atoms with van der Waals surface area (Å²) in [5, 5.41) is 10.2. The zero-order valence-corrected chi connectivity index (χ0v) is 18.0. The first-order valence-corrected chi connectivity index (χ1v) is 10.7. The Bertz CT molecular complexity index is 1360. The first-order chi connectivity index (χ1) is 15.0.